The fourth-order valence-electron chi connectivity index (χ4n) is 0.933. The molecule has 6 heteroatoms. The van der Waals surface area contributed by atoms with Gasteiger partial charge in [0.15, 0.2) is 0 Å². The standard InChI is InChI=1S/C7H9F3O3/c8-7(9,10)4-13-3-6(1-2-6)5(11)12/h1-4H2,(H,11,12). The molecule has 1 aliphatic rings. The molecule has 13 heavy (non-hydrogen) atoms. The summed E-state index contributed by atoms with van der Waals surface area (Å²) in [5.74, 6) is -1.07. The molecule has 3 nitrogen and oxygen atoms in total. The zero-order valence-corrected chi connectivity index (χ0v) is 6.73. The van der Waals surface area contributed by atoms with Crippen molar-refractivity contribution in [1.82, 2.24) is 0 Å². The van der Waals surface area contributed by atoms with Crippen LogP contribution >= 0.6 is 0 Å². The van der Waals surface area contributed by atoms with E-state index in [2.05, 4.69) is 4.74 Å². The molecule has 0 saturated heterocycles. The van der Waals surface area contributed by atoms with Crippen molar-refractivity contribution in [2.24, 2.45) is 5.41 Å². The SMILES string of the molecule is O=C(O)C1(COCC(F)(F)F)CC1. The number of alkyl halides is 3. The maximum absolute atomic E-state index is 11.6. The Labute approximate surface area is 72.5 Å². The lowest BCUT2D eigenvalue weighted by Crippen LogP contribution is -2.25. The predicted molar refractivity (Wildman–Crippen MR) is 36.2 cm³/mol. The van der Waals surface area contributed by atoms with Crippen molar-refractivity contribution >= 4 is 5.97 Å². The first-order chi connectivity index (χ1) is 5.86. The van der Waals surface area contributed by atoms with Gasteiger partial charge in [-0.3, -0.25) is 4.79 Å². The van der Waals surface area contributed by atoms with Gasteiger partial charge >= 0.3 is 12.1 Å². The number of aliphatic carboxylic acids is 1. The maximum Gasteiger partial charge on any atom is 0.411 e. The van der Waals surface area contributed by atoms with Crippen LogP contribution in [0.1, 0.15) is 12.8 Å². The molecule has 0 spiro atoms. The molecule has 0 heterocycles. The van der Waals surface area contributed by atoms with Crippen molar-refractivity contribution in [3.8, 4) is 0 Å². The second-order valence-electron chi connectivity index (χ2n) is 3.19. The second-order valence-corrected chi connectivity index (χ2v) is 3.19. The number of rotatable bonds is 4. The van der Waals surface area contributed by atoms with E-state index >= 15 is 0 Å². The van der Waals surface area contributed by atoms with Gasteiger partial charge in [-0.2, -0.15) is 13.2 Å². The fraction of sp³-hybridized carbons (Fsp3) is 0.857. The van der Waals surface area contributed by atoms with Gasteiger partial charge in [-0.25, -0.2) is 0 Å². The van der Waals surface area contributed by atoms with Crippen molar-refractivity contribution in [2.75, 3.05) is 13.2 Å². The van der Waals surface area contributed by atoms with E-state index < -0.39 is 24.2 Å². The van der Waals surface area contributed by atoms with E-state index in [9.17, 15) is 18.0 Å². The van der Waals surface area contributed by atoms with Crippen molar-refractivity contribution in [2.45, 2.75) is 19.0 Å². The third kappa shape index (κ3) is 2.87. The summed E-state index contributed by atoms with van der Waals surface area (Å²) in [5, 5.41) is 8.57. The molecular formula is C7H9F3O3. The minimum absolute atomic E-state index is 0.345. The molecule has 0 aromatic rings. The summed E-state index contributed by atoms with van der Waals surface area (Å²) < 4.78 is 39.0. The third-order valence-electron chi connectivity index (χ3n) is 1.95. The molecular weight excluding hydrogens is 189 g/mol. The third-order valence-corrected chi connectivity index (χ3v) is 1.95. The lowest BCUT2D eigenvalue weighted by molar-refractivity contribution is -0.181. The Morgan fingerprint density at radius 2 is 2.00 bits per heavy atom. The van der Waals surface area contributed by atoms with Crippen LogP contribution < -0.4 is 0 Å². The zero-order valence-electron chi connectivity index (χ0n) is 6.73. The average Bonchev–Trinajstić information content (AvgIpc) is 2.65. The van der Waals surface area contributed by atoms with Crippen LogP contribution in [0, 0.1) is 5.41 Å². The van der Waals surface area contributed by atoms with E-state index in [1.807, 2.05) is 0 Å². The van der Waals surface area contributed by atoms with Crippen molar-refractivity contribution in [3.63, 3.8) is 0 Å². The molecule has 0 aliphatic heterocycles. The highest BCUT2D eigenvalue weighted by Crippen LogP contribution is 2.46. The van der Waals surface area contributed by atoms with Crippen LogP contribution in [0.15, 0.2) is 0 Å². The number of ether oxygens (including phenoxy) is 1. The number of carbonyl (C=O) groups is 1. The molecule has 1 fully saturated rings. The zero-order chi connectivity index (χ0) is 10.1. The molecule has 0 radical (unpaired) electrons. The first-order valence-electron chi connectivity index (χ1n) is 3.74. The van der Waals surface area contributed by atoms with E-state index in [1.165, 1.54) is 0 Å². The predicted octanol–water partition coefficient (Wildman–Crippen LogP) is 1.43. The molecule has 0 atom stereocenters. The molecule has 76 valence electrons. The first-order valence-corrected chi connectivity index (χ1v) is 3.74. The molecule has 0 aromatic carbocycles. The Bertz CT molecular complexity index is 208. The van der Waals surface area contributed by atoms with Crippen LogP contribution in [0.2, 0.25) is 0 Å². The number of halogens is 3. The average molecular weight is 198 g/mol. The van der Waals surface area contributed by atoms with Gasteiger partial charge in [0.25, 0.3) is 0 Å². The summed E-state index contributed by atoms with van der Waals surface area (Å²) in [6, 6.07) is 0. The maximum atomic E-state index is 11.6. The van der Waals surface area contributed by atoms with Gasteiger partial charge in [-0.15, -0.1) is 0 Å². The fourth-order valence-corrected chi connectivity index (χ4v) is 0.933. The first kappa shape index (κ1) is 10.3. The van der Waals surface area contributed by atoms with Gasteiger partial charge in [0.2, 0.25) is 0 Å². The van der Waals surface area contributed by atoms with Crippen LogP contribution in [0.3, 0.4) is 0 Å². The number of carboxylic acid groups (broad SMARTS) is 1. The van der Waals surface area contributed by atoms with E-state index in [0.717, 1.165) is 0 Å². The van der Waals surface area contributed by atoms with Crippen molar-refractivity contribution < 1.29 is 27.8 Å². The van der Waals surface area contributed by atoms with E-state index in [1.54, 1.807) is 0 Å². The molecule has 1 N–H and O–H groups in total. The van der Waals surface area contributed by atoms with Gasteiger partial charge in [0, 0.05) is 0 Å². The normalized spacial score (nSPS) is 19.9. The summed E-state index contributed by atoms with van der Waals surface area (Å²) in [6.07, 6.45) is -3.57. The molecule has 0 aromatic heterocycles. The summed E-state index contributed by atoms with van der Waals surface area (Å²) in [4.78, 5) is 10.5. The van der Waals surface area contributed by atoms with Crippen LogP contribution in [0.4, 0.5) is 13.2 Å². The van der Waals surface area contributed by atoms with Crippen molar-refractivity contribution in [1.29, 1.82) is 0 Å². The summed E-state index contributed by atoms with van der Waals surface area (Å²) in [5.41, 5.74) is -1.04. The van der Waals surface area contributed by atoms with Gasteiger partial charge in [-0.1, -0.05) is 0 Å². The van der Waals surface area contributed by atoms with Gasteiger partial charge < -0.3 is 9.84 Å². The van der Waals surface area contributed by atoms with Crippen LogP contribution in [0.25, 0.3) is 0 Å². The molecule has 1 rings (SSSR count). The highest BCUT2D eigenvalue weighted by molar-refractivity contribution is 5.77. The Balaban J connectivity index is 2.24. The highest BCUT2D eigenvalue weighted by atomic mass is 19.4. The highest BCUT2D eigenvalue weighted by Gasteiger charge is 2.51. The summed E-state index contributed by atoms with van der Waals surface area (Å²) in [6.45, 7) is -1.72. The number of hydrogen-bond acceptors (Lipinski definition) is 2. The van der Waals surface area contributed by atoms with E-state index in [-0.39, 0.29) is 6.61 Å². The smallest absolute Gasteiger partial charge is 0.411 e. The van der Waals surface area contributed by atoms with Crippen LogP contribution in [0.5, 0.6) is 0 Å². The lowest BCUT2D eigenvalue weighted by atomic mass is 10.1. The molecule has 1 saturated carbocycles. The Kier molecular flexibility index (Phi) is 2.51. The van der Waals surface area contributed by atoms with E-state index in [0.29, 0.717) is 12.8 Å². The minimum atomic E-state index is -4.38. The van der Waals surface area contributed by atoms with Crippen LogP contribution in [-0.4, -0.2) is 30.5 Å². The largest absolute Gasteiger partial charge is 0.481 e. The number of carboxylic acids is 1. The second kappa shape index (κ2) is 3.17. The Morgan fingerprint density at radius 1 is 1.46 bits per heavy atom. The van der Waals surface area contributed by atoms with Crippen molar-refractivity contribution in [3.05, 3.63) is 0 Å². The summed E-state index contributed by atoms with van der Waals surface area (Å²) >= 11 is 0. The lowest BCUT2D eigenvalue weighted by Gasteiger charge is -2.11. The molecule has 1 aliphatic carbocycles. The molecule has 0 unspecified atom stereocenters. The van der Waals surface area contributed by atoms with Gasteiger partial charge in [0.05, 0.1) is 12.0 Å². The summed E-state index contributed by atoms with van der Waals surface area (Å²) in [7, 11) is 0. The number of hydrogen-bond donors (Lipinski definition) is 1. The van der Waals surface area contributed by atoms with E-state index in [4.69, 9.17) is 5.11 Å². The molecule has 0 amide bonds. The van der Waals surface area contributed by atoms with Crippen LogP contribution in [-0.2, 0) is 9.53 Å². The minimum Gasteiger partial charge on any atom is -0.481 e. The Morgan fingerprint density at radius 3 is 2.31 bits per heavy atom. The van der Waals surface area contributed by atoms with Gasteiger partial charge in [0.1, 0.15) is 6.61 Å². The quantitative estimate of drug-likeness (QED) is 0.743. The monoisotopic (exact) mass is 198 g/mol. The Hall–Kier alpha value is -0.780. The topological polar surface area (TPSA) is 46.5 Å². The molecule has 0 bridgehead atoms. The van der Waals surface area contributed by atoms with Gasteiger partial charge in [-0.05, 0) is 12.8 Å².